The molecule has 1 aromatic rings. The van der Waals surface area contributed by atoms with Gasteiger partial charge in [-0.1, -0.05) is 27.2 Å². The molecule has 0 saturated carbocycles. The molecule has 0 aliphatic rings. The highest BCUT2D eigenvalue weighted by Crippen LogP contribution is 2.31. The van der Waals surface area contributed by atoms with Crippen LogP contribution in [0, 0.1) is 35.0 Å². The van der Waals surface area contributed by atoms with Gasteiger partial charge in [-0.05, 0) is 25.3 Å². The predicted molar refractivity (Wildman–Crippen MR) is 71.3 cm³/mol. The van der Waals surface area contributed by atoms with Crippen LogP contribution in [0.25, 0.3) is 0 Å². The van der Waals surface area contributed by atoms with Gasteiger partial charge >= 0.3 is 0 Å². The lowest BCUT2D eigenvalue weighted by atomic mass is 9.93. The number of halogens is 5. The van der Waals surface area contributed by atoms with Crippen LogP contribution in [0.5, 0.6) is 0 Å². The lowest BCUT2D eigenvalue weighted by Crippen LogP contribution is -2.27. The first-order valence-electron chi connectivity index (χ1n) is 7.09. The molecule has 0 heterocycles. The van der Waals surface area contributed by atoms with Gasteiger partial charge in [-0.15, -0.1) is 0 Å². The monoisotopic (exact) mass is 309 g/mol. The highest BCUT2D eigenvalue weighted by Gasteiger charge is 2.30. The zero-order valence-electron chi connectivity index (χ0n) is 12.4. The van der Waals surface area contributed by atoms with Crippen molar-refractivity contribution < 1.29 is 22.0 Å². The Balaban J connectivity index is 3.29. The van der Waals surface area contributed by atoms with Crippen molar-refractivity contribution in [2.45, 2.75) is 46.1 Å². The highest BCUT2D eigenvalue weighted by molar-refractivity contribution is 5.27. The molecule has 2 unspecified atom stereocenters. The molecule has 0 fully saturated rings. The van der Waals surface area contributed by atoms with Gasteiger partial charge in [0.1, 0.15) is 0 Å². The van der Waals surface area contributed by atoms with Crippen molar-refractivity contribution in [3.05, 3.63) is 34.6 Å². The van der Waals surface area contributed by atoms with E-state index in [0.29, 0.717) is 19.4 Å². The average Bonchev–Trinajstić information content (AvgIpc) is 2.48. The summed E-state index contributed by atoms with van der Waals surface area (Å²) in [4.78, 5) is 0. The van der Waals surface area contributed by atoms with Gasteiger partial charge in [-0.2, -0.15) is 0 Å². The SMILES string of the molecule is CCCNC(CC(C)CC)c1c(F)c(F)c(F)c(F)c1F. The van der Waals surface area contributed by atoms with Gasteiger partial charge in [0.2, 0.25) is 5.82 Å². The van der Waals surface area contributed by atoms with Crippen LogP contribution in [0.15, 0.2) is 0 Å². The fourth-order valence-corrected chi connectivity index (χ4v) is 2.12. The van der Waals surface area contributed by atoms with Crippen LogP contribution in [0.3, 0.4) is 0 Å². The van der Waals surface area contributed by atoms with E-state index >= 15 is 0 Å². The van der Waals surface area contributed by atoms with Crippen molar-refractivity contribution >= 4 is 0 Å². The third-order valence-corrected chi connectivity index (χ3v) is 3.57. The van der Waals surface area contributed by atoms with Crippen LogP contribution in [0.1, 0.15) is 51.6 Å². The minimum atomic E-state index is -2.12. The van der Waals surface area contributed by atoms with Crippen molar-refractivity contribution in [2.75, 3.05) is 6.54 Å². The molecular formula is C15H20F5N. The molecule has 0 radical (unpaired) electrons. The van der Waals surface area contributed by atoms with Gasteiger partial charge in [0.05, 0.1) is 0 Å². The Morgan fingerprint density at radius 3 is 1.76 bits per heavy atom. The second-order valence-electron chi connectivity index (χ2n) is 5.24. The smallest absolute Gasteiger partial charge is 0.200 e. The Morgan fingerprint density at radius 1 is 0.857 bits per heavy atom. The molecule has 1 rings (SSSR count). The summed E-state index contributed by atoms with van der Waals surface area (Å²) in [6.45, 7) is 6.05. The third kappa shape index (κ3) is 3.93. The maximum Gasteiger partial charge on any atom is 0.200 e. The van der Waals surface area contributed by atoms with Crippen LogP contribution < -0.4 is 5.32 Å². The van der Waals surface area contributed by atoms with Gasteiger partial charge in [0.15, 0.2) is 23.3 Å². The summed E-state index contributed by atoms with van der Waals surface area (Å²) in [5, 5.41) is 2.87. The van der Waals surface area contributed by atoms with Crippen LogP contribution in [0.2, 0.25) is 0 Å². The molecule has 0 bridgehead atoms. The second kappa shape index (κ2) is 7.73. The van der Waals surface area contributed by atoms with Gasteiger partial charge in [-0.3, -0.25) is 0 Å². The van der Waals surface area contributed by atoms with Crippen molar-refractivity contribution in [1.29, 1.82) is 0 Å². The highest BCUT2D eigenvalue weighted by atomic mass is 19.2. The van der Waals surface area contributed by atoms with Crippen molar-refractivity contribution in [1.82, 2.24) is 5.32 Å². The molecule has 0 aliphatic carbocycles. The molecule has 0 spiro atoms. The minimum Gasteiger partial charge on any atom is -0.310 e. The van der Waals surface area contributed by atoms with Crippen LogP contribution >= 0.6 is 0 Å². The molecule has 0 aliphatic heterocycles. The Morgan fingerprint density at radius 2 is 1.33 bits per heavy atom. The van der Waals surface area contributed by atoms with E-state index in [-0.39, 0.29) is 5.92 Å². The van der Waals surface area contributed by atoms with E-state index in [1.54, 1.807) is 0 Å². The van der Waals surface area contributed by atoms with Crippen molar-refractivity contribution in [2.24, 2.45) is 5.92 Å². The first kappa shape index (κ1) is 17.9. The lowest BCUT2D eigenvalue weighted by molar-refractivity contribution is 0.335. The number of benzene rings is 1. The number of hydrogen-bond donors (Lipinski definition) is 1. The number of rotatable bonds is 7. The Labute approximate surface area is 121 Å². The normalized spacial score (nSPS) is 14.3. The summed E-state index contributed by atoms with van der Waals surface area (Å²) in [6.07, 6.45) is 1.74. The summed E-state index contributed by atoms with van der Waals surface area (Å²) < 4.78 is 67.5. The van der Waals surface area contributed by atoms with Gasteiger partial charge in [0.25, 0.3) is 0 Å². The molecule has 1 N–H and O–H groups in total. The molecular weight excluding hydrogens is 289 g/mol. The van der Waals surface area contributed by atoms with Crippen molar-refractivity contribution in [3.8, 4) is 0 Å². The maximum atomic E-state index is 13.9. The van der Waals surface area contributed by atoms with E-state index in [1.165, 1.54) is 0 Å². The standard InChI is InChI=1S/C15H20F5N/c1-4-6-21-9(7-8(3)5-2)10-11(16)13(18)15(20)14(19)12(10)17/h8-9,21H,4-7H2,1-3H3. The van der Waals surface area contributed by atoms with E-state index in [4.69, 9.17) is 0 Å². The molecule has 6 heteroatoms. The maximum absolute atomic E-state index is 13.9. The van der Waals surface area contributed by atoms with Crippen LogP contribution in [0.4, 0.5) is 22.0 Å². The van der Waals surface area contributed by atoms with E-state index in [9.17, 15) is 22.0 Å². The zero-order chi connectivity index (χ0) is 16.2. The fraction of sp³-hybridized carbons (Fsp3) is 0.600. The van der Waals surface area contributed by atoms with Gasteiger partial charge < -0.3 is 5.32 Å². The van der Waals surface area contributed by atoms with Crippen molar-refractivity contribution in [3.63, 3.8) is 0 Å². The first-order valence-corrected chi connectivity index (χ1v) is 7.09. The fourth-order valence-electron chi connectivity index (χ4n) is 2.12. The van der Waals surface area contributed by atoms with Crippen LogP contribution in [-0.2, 0) is 0 Å². The summed E-state index contributed by atoms with van der Waals surface area (Å²) in [5.74, 6) is -9.31. The summed E-state index contributed by atoms with van der Waals surface area (Å²) in [6, 6.07) is -0.899. The molecule has 120 valence electrons. The summed E-state index contributed by atoms with van der Waals surface area (Å²) in [7, 11) is 0. The molecule has 1 nitrogen and oxygen atoms in total. The predicted octanol–water partition coefficient (Wildman–Crippen LogP) is 4.86. The Bertz CT molecular complexity index is 460. The molecule has 0 saturated heterocycles. The Hall–Kier alpha value is -1.17. The lowest BCUT2D eigenvalue weighted by Gasteiger charge is -2.23. The zero-order valence-corrected chi connectivity index (χ0v) is 12.4. The quantitative estimate of drug-likeness (QED) is 0.431. The van der Waals surface area contributed by atoms with E-state index < -0.39 is 40.7 Å². The average molecular weight is 309 g/mol. The summed E-state index contributed by atoms with van der Waals surface area (Å²) >= 11 is 0. The van der Waals surface area contributed by atoms with Gasteiger partial charge in [0, 0.05) is 11.6 Å². The molecule has 21 heavy (non-hydrogen) atoms. The van der Waals surface area contributed by atoms with Gasteiger partial charge in [-0.25, -0.2) is 22.0 Å². The minimum absolute atomic E-state index is 0.0920. The summed E-state index contributed by atoms with van der Waals surface area (Å²) in [5.41, 5.74) is -0.764. The number of nitrogens with one attached hydrogen (secondary N) is 1. The topological polar surface area (TPSA) is 12.0 Å². The Kier molecular flexibility index (Phi) is 6.58. The third-order valence-electron chi connectivity index (χ3n) is 3.57. The molecule has 2 atom stereocenters. The molecule has 0 aromatic heterocycles. The van der Waals surface area contributed by atoms with Crippen LogP contribution in [-0.4, -0.2) is 6.54 Å². The largest absolute Gasteiger partial charge is 0.310 e. The van der Waals surface area contributed by atoms with E-state index in [1.807, 2.05) is 20.8 Å². The molecule has 0 amide bonds. The molecule has 1 aromatic carbocycles. The number of hydrogen-bond acceptors (Lipinski definition) is 1. The first-order chi connectivity index (χ1) is 9.84. The second-order valence-corrected chi connectivity index (χ2v) is 5.24. The van der Waals surface area contributed by atoms with E-state index in [2.05, 4.69) is 5.32 Å². The van der Waals surface area contributed by atoms with E-state index in [0.717, 1.165) is 6.42 Å².